The van der Waals surface area contributed by atoms with Crippen molar-refractivity contribution >= 4 is 23.2 Å². The number of carbonyl (C=O) groups excluding carboxylic acids is 2. The standard InChI is InChI=1S/C27H28N2O4S/c1-18(2)15-28(27(31)20-8-9-22-23(14-20)33-17-32-22)16-25(30)29-12-10-24-21(11-13-34-24)26(29)19-6-4-3-5-7-19/h3-9,11,13-14,18,26H,10,12,15-17H2,1-2H3. The number of amides is 2. The van der Waals surface area contributed by atoms with Crippen LogP contribution < -0.4 is 9.47 Å². The third-order valence-corrected chi connectivity index (χ3v) is 7.22. The average Bonchev–Trinajstić information content (AvgIpc) is 3.51. The molecule has 7 heteroatoms. The number of carbonyl (C=O) groups is 2. The summed E-state index contributed by atoms with van der Waals surface area (Å²) >= 11 is 1.75. The van der Waals surface area contributed by atoms with Crippen LogP contribution in [0.5, 0.6) is 11.5 Å². The Bertz CT molecular complexity index is 1190. The Kier molecular flexibility index (Phi) is 6.28. The van der Waals surface area contributed by atoms with Gasteiger partial charge in [-0.25, -0.2) is 0 Å². The lowest BCUT2D eigenvalue weighted by Crippen LogP contribution is -2.47. The van der Waals surface area contributed by atoms with Crippen molar-refractivity contribution in [2.24, 2.45) is 5.92 Å². The molecule has 0 spiro atoms. The number of nitrogens with zero attached hydrogens (tertiary/aromatic N) is 2. The summed E-state index contributed by atoms with van der Waals surface area (Å²) in [6.45, 7) is 5.42. The Morgan fingerprint density at radius 2 is 1.88 bits per heavy atom. The van der Waals surface area contributed by atoms with Crippen molar-refractivity contribution < 1.29 is 19.1 Å². The van der Waals surface area contributed by atoms with Crippen LogP contribution in [0, 0.1) is 5.92 Å². The largest absolute Gasteiger partial charge is 0.454 e. The van der Waals surface area contributed by atoms with Gasteiger partial charge in [0.05, 0.1) is 6.04 Å². The quantitative estimate of drug-likeness (QED) is 0.515. The molecule has 2 aliphatic rings. The van der Waals surface area contributed by atoms with E-state index in [1.165, 1.54) is 10.4 Å². The van der Waals surface area contributed by atoms with Crippen LogP contribution in [0.2, 0.25) is 0 Å². The van der Waals surface area contributed by atoms with Gasteiger partial charge in [0.2, 0.25) is 12.7 Å². The van der Waals surface area contributed by atoms with E-state index in [0.717, 1.165) is 12.0 Å². The maximum absolute atomic E-state index is 13.7. The molecule has 1 aromatic heterocycles. The predicted octanol–water partition coefficient (Wildman–Crippen LogP) is 4.75. The summed E-state index contributed by atoms with van der Waals surface area (Å²) in [5.74, 6) is 1.20. The fourth-order valence-electron chi connectivity index (χ4n) is 4.71. The first kappa shape index (κ1) is 22.5. The highest BCUT2D eigenvalue weighted by Crippen LogP contribution is 2.38. The molecule has 2 aliphatic heterocycles. The Morgan fingerprint density at radius 1 is 1.09 bits per heavy atom. The van der Waals surface area contributed by atoms with Crippen LogP contribution in [0.3, 0.4) is 0 Å². The summed E-state index contributed by atoms with van der Waals surface area (Å²) in [5.41, 5.74) is 2.78. The third-order valence-electron chi connectivity index (χ3n) is 6.22. The lowest BCUT2D eigenvalue weighted by molar-refractivity contribution is -0.134. The van der Waals surface area contributed by atoms with Gasteiger partial charge in [-0.05, 0) is 53.1 Å². The molecule has 0 fully saturated rings. The maximum atomic E-state index is 13.7. The van der Waals surface area contributed by atoms with Gasteiger partial charge >= 0.3 is 0 Å². The van der Waals surface area contributed by atoms with Crippen molar-refractivity contribution in [3.63, 3.8) is 0 Å². The smallest absolute Gasteiger partial charge is 0.254 e. The Labute approximate surface area is 203 Å². The van der Waals surface area contributed by atoms with Crippen molar-refractivity contribution in [3.05, 3.63) is 81.5 Å². The number of ether oxygens (including phenoxy) is 2. The zero-order valence-electron chi connectivity index (χ0n) is 19.4. The van der Waals surface area contributed by atoms with E-state index in [4.69, 9.17) is 9.47 Å². The first-order valence-electron chi connectivity index (χ1n) is 11.6. The maximum Gasteiger partial charge on any atom is 0.254 e. The van der Waals surface area contributed by atoms with Gasteiger partial charge in [0.15, 0.2) is 11.5 Å². The van der Waals surface area contributed by atoms with Crippen LogP contribution in [0.4, 0.5) is 0 Å². The van der Waals surface area contributed by atoms with Crippen LogP contribution in [-0.4, -0.2) is 48.0 Å². The van der Waals surface area contributed by atoms with E-state index in [2.05, 4.69) is 37.4 Å². The minimum absolute atomic E-state index is 0.0360. The Balaban J connectivity index is 1.41. The first-order valence-corrected chi connectivity index (χ1v) is 12.5. The van der Waals surface area contributed by atoms with Gasteiger partial charge in [0, 0.05) is 23.5 Å². The number of benzene rings is 2. The van der Waals surface area contributed by atoms with Crippen LogP contribution in [0.1, 0.15) is 46.3 Å². The summed E-state index contributed by atoms with van der Waals surface area (Å²) in [5, 5.41) is 2.10. The molecule has 176 valence electrons. The second-order valence-electron chi connectivity index (χ2n) is 9.10. The molecule has 34 heavy (non-hydrogen) atoms. The van der Waals surface area contributed by atoms with E-state index in [1.807, 2.05) is 23.1 Å². The summed E-state index contributed by atoms with van der Waals surface area (Å²) in [6, 6.07) is 17.3. The zero-order chi connectivity index (χ0) is 23.7. The summed E-state index contributed by atoms with van der Waals surface area (Å²) < 4.78 is 10.8. The average molecular weight is 477 g/mol. The van der Waals surface area contributed by atoms with Crippen molar-refractivity contribution in [1.29, 1.82) is 0 Å². The number of hydrogen-bond donors (Lipinski definition) is 0. The Morgan fingerprint density at radius 3 is 2.68 bits per heavy atom. The second-order valence-corrected chi connectivity index (χ2v) is 10.1. The number of thiophene rings is 1. The minimum atomic E-state index is -0.176. The molecule has 3 heterocycles. The highest BCUT2D eigenvalue weighted by atomic mass is 32.1. The van der Waals surface area contributed by atoms with E-state index in [9.17, 15) is 9.59 Å². The minimum Gasteiger partial charge on any atom is -0.454 e. The monoisotopic (exact) mass is 476 g/mol. The van der Waals surface area contributed by atoms with E-state index in [0.29, 0.717) is 30.2 Å². The molecule has 2 aromatic carbocycles. The normalized spacial score (nSPS) is 16.4. The zero-order valence-corrected chi connectivity index (χ0v) is 20.2. The van der Waals surface area contributed by atoms with Gasteiger partial charge in [0.25, 0.3) is 5.91 Å². The second kappa shape index (κ2) is 9.50. The van der Waals surface area contributed by atoms with Gasteiger partial charge in [-0.2, -0.15) is 0 Å². The molecule has 2 amide bonds. The van der Waals surface area contributed by atoms with Crippen LogP contribution >= 0.6 is 11.3 Å². The predicted molar refractivity (Wildman–Crippen MR) is 131 cm³/mol. The highest BCUT2D eigenvalue weighted by molar-refractivity contribution is 7.10. The Hall–Kier alpha value is -3.32. The third kappa shape index (κ3) is 4.40. The molecule has 1 unspecified atom stereocenters. The van der Waals surface area contributed by atoms with E-state index in [-0.39, 0.29) is 37.1 Å². The van der Waals surface area contributed by atoms with Gasteiger partial charge in [0.1, 0.15) is 6.54 Å². The van der Waals surface area contributed by atoms with E-state index < -0.39 is 0 Å². The van der Waals surface area contributed by atoms with E-state index in [1.54, 1.807) is 34.4 Å². The molecule has 0 radical (unpaired) electrons. The lowest BCUT2D eigenvalue weighted by atomic mass is 9.93. The van der Waals surface area contributed by atoms with Crippen LogP contribution in [-0.2, 0) is 11.2 Å². The molecule has 1 atom stereocenters. The molecule has 6 nitrogen and oxygen atoms in total. The number of rotatable bonds is 6. The van der Waals surface area contributed by atoms with Crippen molar-refractivity contribution in [1.82, 2.24) is 9.80 Å². The van der Waals surface area contributed by atoms with Gasteiger partial charge in [-0.15, -0.1) is 11.3 Å². The SMILES string of the molecule is CC(C)CN(CC(=O)N1CCc2sccc2C1c1ccccc1)C(=O)c1ccc2c(c1)OCO2. The van der Waals surface area contributed by atoms with Crippen LogP contribution in [0.15, 0.2) is 60.0 Å². The fourth-order valence-corrected chi connectivity index (χ4v) is 5.61. The summed E-state index contributed by atoms with van der Waals surface area (Å²) in [6.07, 6.45) is 0.836. The van der Waals surface area contributed by atoms with Gasteiger partial charge < -0.3 is 19.3 Å². The highest BCUT2D eigenvalue weighted by Gasteiger charge is 2.34. The van der Waals surface area contributed by atoms with Crippen molar-refractivity contribution in [3.8, 4) is 11.5 Å². The fraction of sp³-hybridized carbons (Fsp3) is 0.333. The van der Waals surface area contributed by atoms with E-state index >= 15 is 0 Å². The van der Waals surface area contributed by atoms with Crippen LogP contribution in [0.25, 0.3) is 0 Å². The summed E-state index contributed by atoms with van der Waals surface area (Å²) in [7, 11) is 0. The molecule has 0 aliphatic carbocycles. The van der Waals surface area contributed by atoms with Gasteiger partial charge in [-0.1, -0.05) is 44.2 Å². The lowest BCUT2D eigenvalue weighted by Gasteiger charge is -2.38. The molecule has 5 rings (SSSR count). The molecular formula is C27H28N2O4S. The molecule has 3 aromatic rings. The summed E-state index contributed by atoms with van der Waals surface area (Å²) in [4.78, 5) is 32.1. The topological polar surface area (TPSA) is 59.1 Å². The molecule has 0 bridgehead atoms. The molecule has 0 N–H and O–H groups in total. The number of hydrogen-bond acceptors (Lipinski definition) is 5. The molecule has 0 saturated heterocycles. The van der Waals surface area contributed by atoms with Crippen molar-refractivity contribution in [2.75, 3.05) is 26.4 Å². The van der Waals surface area contributed by atoms with Gasteiger partial charge in [-0.3, -0.25) is 9.59 Å². The first-order chi connectivity index (χ1) is 16.5. The van der Waals surface area contributed by atoms with Crippen molar-refractivity contribution in [2.45, 2.75) is 26.3 Å². The molecule has 0 saturated carbocycles. The number of fused-ring (bicyclic) bond motifs is 2. The molecular weight excluding hydrogens is 448 g/mol.